The summed E-state index contributed by atoms with van der Waals surface area (Å²) in [5, 5.41) is 22.1. The van der Waals surface area contributed by atoms with E-state index in [4.69, 9.17) is 5.73 Å². The van der Waals surface area contributed by atoms with Crippen LogP contribution in [-0.4, -0.2) is 69.9 Å². The molecular weight excluding hydrogens is 384 g/mol. The lowest BCUT2D eigenvalue weighted by atomic mass is 10.0. The van der Waals surface area contributed by atoms with E-state index in [0.29, 0.717) is 5.56 Å². The molecule has 0 spiro atoms. The zero-order chi connectivity index (χ0) is 20.1. The van der Waals surface area contributed by atoms with Gasteiger partial charge in [0, 0.05) is 12.5 Å². The van der Waals surface area contributed by atoms with Gasteiger partial charge in [-0.05, 0) is 24.1 Å². The van der Waals surface area contributed by atoms with E-state index in [-0.39, 0.29) is 17.1 Å². The number of sulfone groups is 2. The number of amides is 1. The van der Waals surface area contributed by atoms with Crippen LogP contribution in [0.3, 0.4) is 0 Å². The minimum absolute atomic E-state index is 0.0702. The molecule has 0 radical (unpaired) electrons. The predicted octanol–water partition coefficient (Wildman–Crippen LogP) is -1.64. The minimum atomic E-state index is -3.39. The van der Waals surface area contributed by atoms with Crippen LogP contribution in [0.4, 0.5) is 0 Å². The number of rotatable bonds is 9. The van der Waals surface area contributed by atoms with E-state index in [1.165, 1.54) is 24.3 Å². The maximum Gasteiger partial charge on any atom is 0.237 e. The number of hydrogen-bond donors (Lipinski definition) is 4. The van der Waals surface area contributed by atoms with Crippen LogP contribution in [0.15, 0.2) is 29.2 Å². The average Bonchev–Trinajstić information content (AvgIpc) is 2.55. The van der Waals surface area contributed by atoms with E-state index in [9.17, 15) is 31.8 Å². The summed E-state index contributed by atoms with van der Waals surface area (Å²) in [6, 6.07) is 3.16. The molecule has 0 aliphatic rings. The summed E-state index contributed by atoms with van der Waals surface area (Å²) < 4.78 is 45.1. The Bertz CT molecular complexity index is 820. The van der Waals surface area contributed by atoms with Gasteiger partial charge in [0.1, 0.15) is 15.9 Å². The Morgan fingerprint density at radius 1 is 1.15 bits per heavy atom. The predicted molar refractivity (Wildman–Crippen MR) is 95.8 cm³/mol. The molecule has 1 aromatic carbocycles. The molecule has 3 atom stereocenters. The fourth-order valence-electron chi connectivity index (χ4n) is 2.13. The Kier molecular flexibility index (Phi) is 7.71. The number of nitrogens with two attached hydrogens (primary N) is 1. The number of carbonyl (C=O) groups is 1. The molecular formula is C15H24N2O7S2. The second kappa shape index (κ2) is 8.91. The van der Waals surface area contributed by atoms with Gasteiger partial charge in [-0.25, -0.2) is 16.8 Å². The highest BCUT2D eigenvalue weighted by Gasteiger charge is 2.25. The molecule has 1 amide bonds. The van der Waals surface area contributed by atoms with Crippen molar-refractivity contribution >= 4 is 25.6 Å². The topological polar surface area (TPSA) is 164 Å². The van der Waals surface area contributed by atoms with Gasteiger partial charge in [0.15, 0.2) is 9.84 Å². The first-order valence-electron chi connectivity index (χ1n) is 7.68. The molecule has 0 aliphatic heterocycles. The first kappa shape index (κ1) is 22.5. The molecule has 0 fully saturated rings. The van der Waals surface area contributed by atoms with Gasteiger partial charge in [-0.3, -0.25) is 4.79 Å². The van der Waals surface area contributed by atoms with Crippen LogP contribution < -0.4 is 11.1 Å². The Balaban J connectivity index is 2.79. The van der Waals surface area contributed by atoms with E-state index < -0.39 is 50.4 Å². The molecule has 0 aromatic heterocycles. The number of aliphatic hydroxyl groups is 2. The van der Waals surface area contributed by atoms with Crippen LogP contribution in [0, 0.1) is 0 Å². The normalized spacial score (nSPS) is 15.9. The molecule has 5 N–H and O–H groups in total. The third kappa shape index (κ3) is 7.00. The van der Waals surface area contributed by atoms with Crippen molar-refractivity contribution in [1.82, 2.24) is 5.32 Å². The molecule has 26 heavy (non-hydrogen) atoms. The molecule has 0 aliphatic carbocycles. The molecule has 9 nitrogen and oxygen atoms in total. The highest BCUT2D eigenvalue weighted by atomic mass is 32.2. The molecule has 1 rings (SSSR count). The van der Waals surface area contributed by atoms with Crippen molar-refractivity contribution in [1.29, 1.82) is 0 Å². The molecule has 0 unspecified atom stereocenters. The molecule has 1 aromatic rings. The number of carbonyl (C=O) groups excluding carboxylic acids is 1. The van der Waals surface area contributed by atoms with Gasteiger partial charge in [-0.2, -0.15) is 0 Å². The average molecular weight is 408 g/mol. The number of benzene rings is 1. The standard InChI is InChI=1S/C15H24N2O7S2/c1-25(21,22)8-7-12(16)15(20)17-13(9-18)14(19)10-3-5-11(6-4-10)26(2,23)24/h3-6,12-14,18-19H,7-9,16H2,1-2H3,(H,17,20)/t12-,13+,14+/m0/s1. The van der Waals surface area contributed by atoms with Crippen LogP contribution in [0.1, 0.15) is 18.1 Å². The minimum Gasteiger partial charge on any atom is -0.394 e. The first-order valence-corrected chi connectivity index (χ1v) is 11.6. The smallest absolute Gasteiger partial charge is 0.237 e. The van der Waals surface area contributed by atoms with Crippen LogP contribution in [0.2, 0.25) is 0 Å². The van der Waals surface area contributed by atoms with Gasteiger partial charge in [-0.15, -0.1) is 0 Å². The third-order valence-corrected chi connectivity index (χ3v) is 5.80. The van der Waals surface area contributed by atoms with Crippen LogP contribution in [-0.2, 0) is 24.5 Å². The van der Waals surface area contributed by atoms with E-state index in [2.05, 4.69) is 5.32 Å². The Morgan fingerprint density at radius 3 is 2.12 bits per heavy atom. The van der Waals surface area contributed by atoms with Gasteiger partial charge < -0.3 is 21.3 Å². The Labute approximate surface area is 153 Å². The van der Waals surface area contributed by atoms with Crippen LogP contribution in [0.5, 0.6) is 0 Å². The van der Waals surface area contributed by atoms with E-state index in [1.807, 2.05) is 0 Å². The summed E-state index contributed by atoms with van der Waals surface area (Å²) in [7, 11) is -6.66. The van der Waals surface area contributed by atoms with Gasteiger partial charge in [0.25, 0.3) is 0 Å². The fourth-order valence-corrected chi connectivity index (χ4v) is 3.44. The SMILES string of the molecule is CS(=O)(=O)CC[C@H](N)C(=O)N[C@H](CO)[C@H](O)c1ccc(S(C)(=O)=O)cc1. The lowest BCUT2D eigenvalue weighted by Crippen LogP contribution is -2.49. The summed E-state index contributed by atoms with van der Waals surface area (Å²) in [5.41, 5.74) is 5.92. The summed E-state index contributed by atoms with van der Waals surface area (Å²) in [6.45, 7) is -0.598. The van der Waals surface area contributed by atoms with Crippen LogP contribution >= 0.6 is 0 Å². The van der Waals surface area contributed by atoms with Crippen molar-refractivity contribution in [2.24, 2.45) is 5.73 Å². The first-order chi connectivity index (χ1) is 11.8. The molecule has 148 valence electrons. The molecule has 0 saturated heterocycles. The summed E-state index contributed by atoms with van der Waals surface area (Å²) in [4.78, 5) is 12.1. The second-order valence-corrected chi connectivity index (χ2v) is 10.4. The highest BCUT2D eigenvalue weighted by molar-refractivity contribution is 7.91. The Hall–Kier alpha value is -1.53. The second-order valence-electron chi connectivity index (χ2n) is 6.11. The fraction of sp³-hybridized carbons (Fsp3) is 0.533. The van der Waals surface area contributed by atoms with Crippen molar-refractivity contribution < 1.29 is 31.8 Å². The van der Waals surface area contributed by atoms with Gasteiger partial charge in [0.05, 0.1) is 29.3 Å². The van der Waals surface area contributed by atoms with Crippen molar-refractivity contribution in [2.45, 2.75) is 29.5 Å². The maximum absolute atomic E-state index is 12.0. The lowest BCUT2D eigenvalue weighted by molar-refractivity contribution is -0.124. The highest BCUT2D eigenvalue weighted by Crippen LogP contribution is 2.19. The van der Waals surface area contributed by atoms with Crippen LogP contribution in [0.25, 0.3) is 0 Å². The summed E-state index contributed by atoms with van der Waals surface area (Å²) in [5.74, 6) is -0.972. The van der Waals surface area contributed by atoms with E-state index >= 15 is 0 Å². The monoisotopic (exact) mass is 408 g/mol. The quantitative estimate of drug-likeness (QED) is 0.378. The summed E-state index contributed by atoms with van der Waals surface area (Å²) >= 11 is 0. The molecule has 0 bridgehead atoms. The molecule has 0 saturated carbocycles. The summed E-state index contributed by atoms with van der Waals surface area (Å²) in [6.07, 6.45) is 0.673. The van der Waals surface area contributed by atoms with Gasteiger partial charge in [-0.1, -0.05) is 12.1 Å². The molecule has 0 heterocycles. The lowest BCUT2D eigenvalue weighted by Gasteiger charge is -2.24. The third-order valence-electron chi connectivity index (χ3n) is 3.69. The van der Waals surface area contributed by atoms with Gasteiger partial charge in [0.2, 0.25) is 5.91 Å². The zero-order valence-electron chi connectivity index (χ0n) is 14.5. The Morgan fingerprint density at radius 2 is 1.69 bits per heavy atom. The zero-order valence-corrected chi connectivity index (χ0v) is 16.1. The largest absolute Gasteiger partial charge is 0.394 e. The van der Waals surface area contributed by atoms with Crippen molar-refractivity contribution in [3.8, 4) is 0 Å². The van der Waals surface area contributed by atoms with Gasteiger partial charge >= 0.3 is 0 Å². The van der Waals surface area contributed by atoms with Crippen molar-refractivity contribution in [3.63, 3.8) is 0 Å². The van der Waals surface area contributed by atoms with Crippen molar-refractivity contribution in [2.75, 3.05) is 24.9 Å². The number of hydrogen-bond acceptors (Lipinski definition) is 8. The molecule has 11 heteroatoms. The maximum atomic E-state index is 12.0. The van der Waals surface area contributed by atoms with E-state index in [1.54, 1.807) is 0 Å². The van der Waals surface area contributed by atoms with E-state index in [0.717, 1.165) is 12.5 Å². The number of nitrogens with one attached hydrogen (secondary N) is 1. The van der Waals surface area contributed by atoms with Crippen molar-refractivity contribution in [3.05, 3.63) is 29.8 Å². The number of aliphatic hydroxyl groups excluding tert-OH is 2.